The molecule has 0 bridgehead atoms. The summed E-state index contributed by atoms with van der Waals surface area (Å²) in [5, 5.41) is 7.28. The van der Waals surface area contributed by atoms with E-state index in [0.29, 0.717) is 11.6 Å². The van der Waals surface area contributed by atoms with Crippen molar-refractivity contribution in [2.45, 2.75) is 32.3 Å². The third-order valence-electron chi connectivity index (χ3n) is 4.78. The van der Waals surface area contributed by atoms with E-state index in [1.807, 2.05) is 31.2 Å². The lowest BCUT2D eigenvalue weighted by molar-refractivity contribution is -0.123. The Labute approximate surface area is 195 Å². The SMILES string of the molecule is CN=C(NCCCN1CCCC(C(N)=O)C1)NCC(C)Oc1ccc(Cl)cc1.I. The Bertz CT molecular complexity index is 644. The summed E-state index contributed by atoms with van der Waals surface area (Å²) in [7, 11) is 1.75. The van der Waals surface area contributed by atoms with Crippen molar-refractivity contribution in [1.82, 2.24) is 15.5 Å². The molecule has 1 heterocycles. The van der Waals surface area contributed by atoms with E-state index in [0.717, 1.165) is 57.2 Å². The number of hydrogen-bond acceptors (Lipinski definition) is 4. The summed E-state index contributed by atoms with van der Waals surface area (Å²) in [6, 6.07) is 7.33. The molecular formula is C20H33ClIN5O2. The molecule has 0 aliphatic carbocycles. The lowest BCUT2D eigenvalue weighted by Gasteiger charge is -2.31. The van der Waals surface area contributed by atoms with Gasteiger partial charge in [0.05, 0.1) is 12.5 Å². The molecule has 2 rings (SSSR count). The Morgan fingerprint density at radius 3 is 2.76 bits per heavy atom. The van der Waals surface area contributed by atoms with Crippen molar-refractivity contribution < 1.29 is 9.53 Å². The number of nitrogens with one attached hydrogen (secondary N) is 2. The van der Waals surface area contributed by atoms with Crippen molar-refractivity contribution in [3.05, 3.63) is 29.3 Å². The van der Waals surface area contributed by atoms with Crippen LogP contribution in [0.4, 0.5) is 0 Å². The molecule has 29 heavy (non-hydrogen) atoms. The molecule has 9 heteroatoms. The minimum Gasteiger partial charge on any atom is -0.489 e. The summed E-state index contributed by atoms with van der Waals surface area (Å²) in [6.45, 7) is 6.21. The first-order valence-electron chi connectivity index (χ1n) is 9.86. The van der Waals surface area contributed by atoms with E-state index in [4.69, 9.17) is 22.1 Å². The van der Waals surface area contributed by atoms with Crippen LogP contribution in [0.1, 0.15) is 26.2 Å². The second kappa shape index (κ2) is 13.9. The number of nitrogens with two attached hydrogens (primary N) is 1. The number of ether oxygens (including phenoxy) is 1. The Morgan fingerprint density at radius 2 is 2.10 bits per heavy atom. The van der Waals surface area contributed by atoms with Crippen molar-refractivity contribution in [2.75, 3.05) is 39.8 Å². The lowest BCUT2D eigenvalue weighted by atomic mass is 9.97. The molecule has 1 aliphatic heterocycles. The van der Waals surface area contributed by atoms with E-state index in [1.165, 1.54) is 0 Å². The monoisotopic (exact) mass is 537 g/mol. The largest absolute Gasteiger partial charge is 0.489 e. The van der Waals surface area contributed by atoms with Gasteiger partial charge in [0.25, 0.3) is 0 Å². The topological polar surface area (TPSA) is 92.0 Å². The second-order valence-corrected chi connectivity index (χ2v) is 7.59. The number of carbonyl (C=O) groups is 1. The van der Waals surface area contributed by atoms with E-state index >= 15 is 0 Å². The summed E-state index contributed by atoms with van der Waals surface area (Å²) < 4.78 is 5.85. The number of rotatable bonds is 9. The van der Waals surface area contributed by atoms with Gasteiger partial charge in [0.2, 0.25) is 5.91 Å². The van der Waals surface area contributed by atoms with Crippen LogP contribution < -0.4 is 21.1 Å². The molecule has 0 radical (unpaired) electrons. The maximum Gasteiger partial charge on any atom is 0.221 e. The Hall–Kier alpha value is -1.26. The number of benzene rings is 1. The molecule has 2 unspecified atom stereocenters. The fourth-order valence-electron chi connectivity index (χ4n) is 3.25. The van der Waals surface area contributed by atoms with Crippen molar-refractivity contribution in [3.8, 4) is 5.75 Å². The normalized spacial score (nSPS) is 18.4. The minimum atomic E-state index is -0.178. The highest BCUT2D eigenvalue weighted by Gasteiger charge is 2.23. The van der Waals surface area contributed by atoms with Crippen LogP contribution in [-0.4, -0.2) is 62.6 Å². The zero-order chi connectivity index (χ0) is 20.4. The summed E-state index contributed by atoms with van der Waals surface area (Å²) in [5.41, 5.74) is 5.44. The molecule has 164 valence electrons. The van der Waals surface area contributed by atoms with Crippen LogP contribution in [0.5, 0.6) is 5.75 Å². The van der Waals surface area contributed by atoms with Crippen LogP contribution in [-0.2, 0) is 4.79 Å². The quantitative estimate of drug-likeness (QED) is 0.195. The molecule has 1 fully saturated rings. The van der Waals surface area contributed by atoms with E-state index in [1.54, 1.807) is 7.05 Å². The molecule has 2 atom stereocenters. The molecule has 0 spiro atoms. The van der Waals surface area contributed by atoms with Gasteiger partial charge in [0.15, 0.2) is 5.96 Å². The van der Waals surface area contributed by atoms with Crippen molar-refractivity contribution >= 4 is 47.4 Å². The van der Waals surface area contributed by atoms with Crippen LogP contribution in [0, 0.1) is 5.92 Å². The standard InChI is InChI=1S/C20H32ClN5O2.HI/c1-15(28-18-8-6-17(21)7-9-18)13-25-20(23-2)24-10-4-12-26-11-3-5-16(14-26)19(22)27;/h6-9,15-16H,3-5,10-14H2,1-2H3,(H2,22,27)(H2,23,24,25);1H. The number of primary amides is 1. The third-order valence-corrected chi connectivity index (χ3v) is 5.03. The molecule has 0 saturated carbocycles. The number of amides is 1. The maximum atomic E-state index is 11.4. The third kappa shape index (κ3) is 9.86. The van der Waals surface area contributed by atoms with E-state index < -0.39 is 0 Å². The first-order valence-corrected chi connectivity index (χ1v) is 10.2. The maximum absolute atomic E-state index is 11.4. The van der Waals surface area contributed by atoms with Gasteiger partial charge in [-0.2, -0.15) is 0 Å². The number of piperidine rings is 1. The average molecular weight is 538 g/mol. The van der Waals surface area contributed by atoms with Crippen LogP contribution >= 0.6 is 35.6 Å². The fraction of sp³-hybridized carbons (Fsp3) is 0.600. The molecule has 0 aromatic heterocycles. The lowest BCUT2D eigenvalue weighted by Crippen LogP contribution is -2.44. The van der Waals surface area contributed by atoms with Crippen molar-refractivity contribution in [1.29, 1.82) is 0 Å². The molecule has 1 aromatic carbocycles. The van der Waals surface area contributed by atoms with Gasteiger partial charge in [-0.05, 0) is 63.5 Å². The molecule has 1 saturated heterocycles. The smallest absolute Gasteiger partial charge is 0.221 e. The molecular weight excluding hydrogens is 505 g/mol. The first kappa shape index (κ1) is 25.8. The number of nitrogens with zero attached hydrogens (tertiary/aromatic N) is 2. The summed E-state index contributed by atoms with van der Waals surface area (Å²) >= 11 is 5.89. The van der Waals surface area contributed by atoms with Gasteiger partial charge >= 0.3 is 0 Å². The second-order valence-electron chi connectivity index (χ2n) is 7.16. The fourth-order valence-corrected chi connectivity index (χ4v) is 3.37. The Balaban J connectivity index is 0.00000420. The van der Waals surface area contributed by atoms with Crippen LogP contribution in [0.2, 0.25) is 5.02 Å². The van der Waals surface area contributed by atoms with E-state index in [2.05, 4.69) is 20.5 Å². The highest BCUT2D eigenvalue weighted by atomic mass is 127. The predicted octanol–water partition coefficient (Wildman–Crippen LogP) is 2.48. The van der Waals surface area contributed by atoms with Gasteiger partial charge in [-0.3, -0.25) is 9.79 Å². The summed E-state index contributed by atoms with van der Waals surface area (Å²) in [6.07, 6.45) is 2.91. The highest BCUT2D eigenvalue weighted by Crippen LogP contribution is 2.17. The Kier molecular flexibility index (Phi) is 12.3. The zero-order valence-electron chi connectivity index (χ0n) is 17.2. The number of guanidine groups is 1. The molecule has 1 aromatic rings. The van der Waals surface area contributed by atoms with Gasteiger partial charge in [0, 0.05) is 25.2 Å². The number of aliphatic imine (C=N–C) groups is 1. The number of halogens is 2. The van der Waals surface area contributed by atoms with Crippen molar-refractivity contribution in [2.24, 2.45) is 16.6 Å². The number of hydrogen-bond donors (Lipinski definition) is 3. The van der Waals surface area contributed by atoms with Crippen LogP contribution in [0.15, 0.2) is 29.3 Å². The van der Waals surface area contributed by atoms with E-state index in [-0.39, 0.29) is 41.9 Å². The number of likely N-dealkylation sites (tertiary alicyclic amines) is 1. The van der Waals surface area contributed by atoms with Gasteiger partial charge in [0.1, 0.15) is 11.9 Å². The van der Waals surface area contributed by atoms with Gasteiger partial charge < -0.3 is 26.0 Å². The average Bonchev–Trinajstić information content (AvgIpc) is 2.69. The Morgan fingerprint density at radius 1 is 1.38 bits per heavy atom. The first-order chi connectivity index (χ1) is 13.5. The van der Waals surface area contributed by atoms with Crippen LogP contribution in [0.25, 0.3) is 0 Å². The predicted molar refractivity (Wildman–Crippen MR) is 129 cm³/mol. The zero-order valence-corrected chi connectivity index (χ0v) is 20.3. The minimum absolute atomic E-state index is 0. The van der Waals surface area contributed by atoms with E-state index in [9.17, 15) is 4.79 Å². The summed E-state index contributed by atoms with van der Waals surface area (Å²) in [5.74, 6) is 1.36. The number of carbonyl (C=O) groups excluding carboxylic acids is 1. The van der Waals surface area contributed by atoms with Crippen LogP contribution in [0.3, 0.4) is 0 Å². The van der Waals surface area contributed by atoms with Gasteiger partial charge in [-0.25, -0.2) is 0 Å². The molecule has 1 amide bonds. The van der Waals surface area contributed by atoms with Gasteiger partial charge in [-0.15, -0.1) is 24.0 Å². The molecule has 7 nitrogen and oxygen atoms in total. The molecule has 4 N–H and O–H groups in total. The van der Waals surface area contributed by atoms with Gasteiger partial charge in [-0.1, -0.05) is 11.6 Å². The summed E-state index contributed by atoms with van der Waals surface area (Å²) in [4.78, 5) is 17.9. The highest BCUT2D eigenvalue weighted by molar-refractivity contribution is 14.0. The molecule has 1 aliphatic rings. The van der Waals surface area contributed by atoms with Crippen molar-refractivity contribution in [3.63, 3.8) is 0 Å².